The Morgan fingerprint density at radius 3 is 3.08 bits per heavy atom. The molecular formula is C5H10N6O2. The monoisotopic (exact) mass is 186 g/mol. The number of methoxy groups -OCH3 is 1. The summed E-state index contributed by atoms with van der Waals surface area (Å²) in [6.45, 7) is 0.0974. The van der Waals surface area contributed by atoms with Crippen LogP contribution in [0.1, 0.15) is 0 Å². The normalized spacial score (nSPS) is 12.5. The third-order valence-corrected chi connectivity index (χ3v) is 1.37. The average molecular weight is 186 g/mol. The fourth-order valence-electron chi connectivity index (χ4n) is 0.716. The van der Waals surface area contributed by atoms with Crippen molar-refractivity contribution in [2.75, 3.05) is 19.0 Å². The summed E-state index contributed by atoms with van der Waals surface area (Å²) >= 11 is 0. The van der Waals surface area contributed by atoms with Crippen molar-refractivity contribution in [3.63, 3.8) is 0 Å². The Morgan fingerprint density at radius 2 is 2.62 bits per heavy atom. The van der Waals surface area contributed by atoms with Gasteiger partial charge >= 0.3 is 0 Å². The Kier molecular flexibility index (Phi) is 3.29. The van der Waals surface area contributed by atoms with Gasteiger partial charge in [0.1, 0.15) is 6.10 Å². The molecule has 1 rings (SSSR count). The molecule has 0 saturated heterocycles. The van der Waals surface area contributed by atoms with Crippen molar-refractivity contribution < 1.29 is 9.53 Å². The highest BCUT2D eigenvalue weighted by molar-refractivity contribution is 5.92. The molecule has 72 valence electrons. The van der Waals surface area contributed by atoms with Gasteiger partial charge in [0.25, 0.3) is 11.9 Å². The molecule has 1 aromatic rings. The summed E-state index contributed by atoms with van der Waals surface area (Å²) in [5.41, 5.74) is 5.26. The number of aromatic amines is 1. The largest absolute Gasteiger partial charge is 0.370 e. The summed E-state index contributed by atoms with van der Waals surface area (Å²) in [5.74, 6) is -0.299. The molecule has 4 N–H and O–H groups in total. The first-order valence-corrected chi connectivity index (χ1v) is 3.55. The van der Waals surface area contributed by atoms with E-state index < -0.39 is 12.0 Å². The molecule has 0 fully saturated rings. The van der Waals surface area contributed by atoms with Crippen molar-refractivity contribution in [1.82, 2.24) is 20.6 Å². The fourth-order valence-corrected chi connectivity index (χ4v) is 0.716. The maximum Gasteiger partial charge on any atom is 0.269 e. The second kappa shape index (κ2) is 4.48. The molecule has 1 atom stereocenters. The number of ether oxygens (including phenoxy) is 1. The van der Waals surface area contributed by atoms with Gasteiger partial charge in [0.2, 0.25) is 0 Å². The highest BCUT2D eigenvalue weighted by atomic mass is 16.5. The van der Waals surface area contributed by atoms with E-state index in [1.807, 2.05) is 0 Å². The number of nitrogens with two attached hydrogens (primary N) is 1. The first kappa shape index (κ1) is 9.55. The molecule has 0 aliphatic carbocycles. The van der Waals surface area contributed by atoms with Crippen LogP contribution in [0.2, 0.25) is 0 Å². The van der Waals surface area contributed by atoms with E-state index in [2.05, 4.69) is 25.9 Å². The fraction of sp³-hybridized carbons (Fsp3) is 0.600. The Hall–Kier alpha value is -1.54. The van der Waals surface area contributed by atoms with Crippen LogP contribution in [0.4, 0.5) is 5.95 Å². The molecule has 1 unspecified atom stereocenters. The van der Waals surface area contributed by atoms with Gasteiger partial charge in [-0.15, -0.1) is 5.10 Å². The number of rotatable bonds is 4. The number of amides is 1. The first-order valence-electron chi connectivity index (χ1n) is 3.55. The van der Waals surface area contributed by atoms with E-state index in [1.165, 1.54) is 7.11 Å². The van der Waals surface area contributed by atoms with Gasteiger partial charge < -0.3 is 10.5 Å². The van der Waals surface area contributed by atoms with Crippen LogP contribution in [0.5, 0.6) is 0 Å². The molecule has 1 aromatic heterocycles. The predicted octanol–water partition coefficient (Wildman–Crippen LogP) is -1.89. The van der Waals surface area contributed by atoms with E-state index in [-0.39, 0.29) is 12.5 Å². The lowest BCUT2D eigenvalue weighted by Gasteiger charge is -2.10. The Morgan fingerprint density at radius 1 is 1.85 bits per heavy atom. The number of aromatic nitrogens is 4. The Balaban J connectivity index is 2.49. The number of nitrogens with one attached hydrogen (secondary N) is 2. The lowest BCUT2D eigenvalue weighted by molar-refractivity contribution is -0.125. The third-order valence-electron chi connectivity index (χ3n) is 1.37. The van der Waals surface area contributed by atoms with E-state index in [0.29, 0.717) is 0 Å². The maximum atomic E-state index is 11.2. The Labute approximate surface area is 73.8 Å². The van der Waals surface area contributed by atoms with Crippen molar-refractivity contribution >= 4 is 11.9 Å². The van der Waals surface area contributed by atoms with Crippen LogP contribution < -0.4 is 11.1 Å². The quantitative estimate of drug-likeness (QED) is 0.506. The Bertz CT molecular complexity index is 256. The van der Waals surface area contributed by atoms with Gasteiger partial charge in [-0.2, -0.15) is 5.21 Å². The van der Waals surface area contributed by atoms with E-state index in [0.717, 1.165) is 0 Å². The van der Waals surface area contributed by atoms with Gasteiger partial charge in [-0.3, -0.25) is 10.1 Å². The number of carbonyl (C=O) groups is 1. The van der Waals surface area contributed by atoms with E-state index >= 15 is 0 Å². The molecule has 13 heavy (non-hydrogen) atoms. The van der Waals surface area contributed by atoms with Gasteiger partial charge in [0, 0.05) is 13.7 Å². The van der Waals surface area contributed by atoms with Crippen LogP contribution in [-0.4, -0.2) is 46.3 Å². The van der Waals surface area contributed by atoms with Gasteiger partial charge in [0.15, 0.2) is 0 Å². The maximum absolute atomic E-state index is 11.2. The molecular weight excluding hydrogens is 176 g/mol. The minimum Gasteiger partial charge on any atom is -0.370 e. The molecule has 0 aromatic carbocycles. The molecule has 8 nitrogen and oxygen atoms in total. The van der Waals surface area contributed by atoms with Crippen LogP contribution >= 0.6 is 0 Å². The lowest BCUT2D eigenvalue weighted by Crippen LogP contribution is -2.36. The highest BCUT2D eigenvalue weighted by Crippen LogP contribution is 1.94. The van der Waals surface area contributed by atoms with E-state index in [1.54, 1.807) is 0 Å². The molecule has 0 radical (unpaired) electrons. The zero-order chi connectivity index (χ0) is 9.68. The van der Waals surface area contributed by atoms with Crippen molar-refractivity contribution in [2.45, 2.75) is 6.10 Å². The van der Waals surface area contributed by atoms with Crippen LogP contribution in [0.15, 0.2) is 0 Å². The number of hydrogen-bond acceptors (Lipinski definition) is 6. The third kappa shape index (κ3) is 2.46. The smallest absolute Gasteiger partial charge is 0.269 e. The molecule has 0 saturated carbocycles. The number of H-pyrrole nitrogens is 1. The van der Waals surface area contributed by atoms with Crippen molar-refractivity contribution in [1.29, 1.82) is 0 Å². The SMILES string of the molecule is COC(CN)C(=O)Nc1nn[nH]n1. The summed E-state index contributed by atoms with van der Waals surface area (Å²) in [5, 5.41) is 14.9. The van der Waals surface area contributed by atoms with Crippen molar-refractivity contribution in [2.24, 2.45) is 5.73 Å². The molecule has 8 heteroatoms. The molecule has 1 heterocycles. The van der Waals surface area contributed by atoms with Gasteiger partial charge in [-0.05, 0) is 5.21 Å². The second-order valence-electron chi connectivity index (χ2n) is 2.18. The summed E-state index contributed by atoms with van der Waals surface area (Å²) in [6, 6.07) is 0. The minimum absolute atomic E-state index is 0.0974. The second-order valence-corrected chi connectivity index (χ2v) is 2.18. The minimum atomic E-state index is -0.696. The van der Waals surface area contributed by atoms with Crippen molar-refractivity contribution in [3.8, 4) is 0 Å². The topological polar surface area (TPSA) is 119 Å². The lowest BCUT2D eigenvalue weighted by atomic mass is 10.3. The van der Waals surface area contributed by atoms with E-state index in [4.69, 9.17) is 10.5 Å². The number of anilines is 1. The first-order chi connectivity index (χ1) is 6.27. The average Bonchev–Trinajstić information content (AvgIpc) is 2.59. The zero-order valence-corrected chi connectivity index (χ0v) is 7.02. The van der Waals surface area contributed by atoms with Crippen LogP contribution in [0, 0.1) is 0 Å². The summed E-state index contributed by atoms with van der Waals surface area (Å²) < 4.78 is 4.79. The van der Waals surface area contributed by atoms with Crippen molar-refractivity contribution in [3.05, 3.63) is 0 Å². The predicted molar refractivity (Wildman–Crippen MR) is 42.7 cm³/mol. The van der Waals surface area contributed by atoms with Gasteiger partial charge in [-0.1, -0.05) is 5.10 Å². The number of carbonyl (C=O) groups excluding carboxylic acids is 1. The number of hydrogen-bond donors (Lipinski definition) is 3. The molecule has 1 amide bonds. The molecule has 0 aliphatic rings. The molecule has 0 bridgehead atoms. The van der Waals surface area contributed by atoms with Crippen LogP contribution in [0.25, 0.3) is 0 Å². The van der Waals surface area contributed by atoms with E-state index in [9.17, 15) is 4.79 Å². The van der Waals surface area contributed by atoms with Gasteiger partial charge in [-0.25, -0.2) is 0 Å². The summed E-state index contributed by atoms with van der Waals surface area (Å²) in [4.78, 5) is 11.2. The standard InChI is InChI=1S/C5H10N6O2/c1-13-3(2-6)4(12)7-5-8-10-11-9-5/h3H,2,6H2,1H3,(H2,7,8,9,10,11,12). The zero-order valence-electron chi connectivity index (χ0n) is 7.02. The van der Waals surface area contributed by atoms with Crippen LogP contribution in [0.3, 0.4) is 0 Å². The number of tetrazole rings is 1. The summed E-state index contributed by atoms with van der Waals surface area (Å²) in [6.07, 6.45) is -0.696. The number of nitrogens with zero attached hydrogens (tertiary/aromatic N) is 3. The van der Waals surface area contributed by atoms with Crippen LogP contribution in [-0.2, 0) is 9.53 Å². The van der Waals surface area contributed by atoms with Gasteiger partial charge in [0.05, 0.1) is 0 Å². The summed E-state index contributed by atoms with van der Waals surface area (Å²) in [7, 11) is 1.40. The molecule has 0 aliphatic heterocycles. The highest BCUT2D eigenvalue weighted by Gasteiger charge is 2.16. The molecule has 0 spiro atoms.